The summed E-state index contributed by atoms with van der Waals surface area (Å²) >= 11 is 0. The summed E-state index contributed by atoms with van der Waals surface area (Å²) in [5, 5.41) is 10.9. The zero-order valence-corrected chi connectivity index (χ0v) is 14.0. The maximum absolute atomic E-state index is 12.8. The number of alkyl halides is 3. The highest BCUT2D eigenvalue weighted by Crippen LogP contribution is 2.65. The number of hydrogen-bond acceptors (Lipinski definition) is 4. The van der Waals surface area contributed by atoms with Gasteiger partial charge in [0.1, 0.15) is 5.75 Å². The van der Waals surface area contributed by atoms with Gasteiger partial charge in [0, 0.05) is 21.8 Å². The molecule has 0 unspecified atom stereocenters. The summed E-state index contributed by atoms with van der Waals surface area (Å²) in [7, 11) is -8.34. The molecule has 2 aromatic rings. The number of rotatable bonds is 3. The molecule has 132 valence electrons. The molecule has 0 bridgehead atoms. The van der Waals surface area contributed by atoms with Crippen LogP contribution < -0.4 is 0 Å². The Balaban J connectivity index is 2.19. The minimum atomic E-state index is -5.69. The predicted molar refractivity (Wildman–Crippen MR) is 86.5 cm³/mol. The largest absolute Gasteiger partial charge is 0.523 e. The molecule has 1 saturated heterocycles. The molecule has 1 fully saturated rings. The van der Waals surface area contributed by atoms with Crippen molar-refractivity contribution < 1.29 is 30.3 Å². The van der Waals surface area contributed by atoms with Crippen LogP contribution >= 0.6 is 10.3 Å². The Morgan fingerprint density at radius 1 is 1.00 bits per heavy atom. The second kappa shape index (κ2) is 5.82. The van der Waals surface area contributed by atoms with E-state index in [2.05, 4.69) is 0 Å². The smallest absolute Gasteiger partial charge is 0.507 e. The van der Waals surface area contributed by atoms with Crippen molar-refractivity contribution >= 4 is 31.2 Å². The monoisotopic (exact) mass is 380 g/mol. The van der Waals surface area contributed by atoms with Gasteiger partial charge in [-0.2, -0.15) is 21.6 Å². The van der Waals surface area contributed by atoms with E-state index in [0.717, 1.165) is 0 Å². The number of benzene rings is 2. The van der Waals surface area contributed by atoms with E-state index < -0.39 is 25.9 Å². The number of fused-ring (bicyclic) bond motifs is 1. The SMILES string of the molecule is O=S(=O)(OS1(c2ccc(O)c3ccccc23)CCCC1)C(F)(F)F. The quantitative estimate of drug-likeness (QED) is 0.807. The Bertz CT molecular complexity index is 872. The second-order valence-electron chi connectivity index (χ2n) is 5.52. The molecule has 1 N–H and O–H groups in total. The zero-order valence-electron chi connectivity index (χ0n) is 12.4. The molecule has 1 heterocycles. The maximum atomic E-state index is 12.8. The fraction of sp³-hybridized carbons (Fsp3) is 0.333. The van der Waals surface area contributed by atoms with Crippen molar-refractivity contribution in [2.24, 2.45) is 0 Å². The third-order valence-electron chi connectivity index (χ3n) is 3.96. The van der Waals surface area contributed by atoms with Crippen LogP contribution in [0.3, 0.4) is 0 Å². The Labute approximate surface area is 138 Å². The van der Waals surface area contributed by atoms with Crippen molar-refractivity contribution in [2.45, 2.75) is 23.2 Å². The van der Waals surface area contributed by atoms with Gasteiger partial charge in [0.2, 0.25) is 0 Å². The van der Waals surface area contributed by atoms with Crippen molar-refractivity contribution in [1.82, 2.24) is 0 Å². The molecule has 0 aromatic heterocycles. The van der Waals surface area contributed by atoms with Crippen molar-refractivity contribution in [3.05, 3.63) is 36.4 Å². The molecule has 3 rings (SSSR count). The standard InChI is InChI=1S/C15H15F3O4S2/c16-15(17,18)24(20,21)22-23(9-3-4-10-23)14-8-7-13(19)11-5-1-2-6-12(11)14/h1-2,5-8,19H,3-4,9-10H2. The van der Waals surface area contributed by atoms with E-state index in [1.807, 2.05) is 0 Å². The minimum absolute atomic E-state index is 0.0134. The lowest BCUT2D eigenvalue weighted by atomic mass is 10.1. The highest BCUT2D eigenvalue weighted by Gasteiger charge is 2.52. The number of phenols is 1. The lowest BCUT2D eigenvalue weighted by Crippen LogP contribution is -2.27. The molecule has 9 heteroatoms. The first kappa shape index (κ1) is 17.4. The van der Waals surface area contributed by atoms with E-state index in [4.69, 9.17) is 3.63 Å². The highest BCUT2D eigenvalue weighted by molar-refractivity contribution is 8.33. The van der Waals surface area contributed by atoms with Gasteiger partial charge in [-0.3, -0.25) is 0 Å². The van der Waals surface area contributed by atoms with E-state index >= 15 is 0 Å². The minimum Gasteiger partial charge on any atom is -0.507 e. The normalized spacial score (nSPS) is 19.5. The van der Waals surface area contributed by atoms with Gasteiger partial charge in [-0.1, -0.05) is 34.6 Å². The first-order chi connectivity index (χ1) is 11.2. The summed E-state index contributed by atoms with van der Waals surface area (Å²) in [6.45, 7) is 0. The van der Waals surface area contributed by atoms with Crippen LogP contribution in [0.25, 0.3) is 10.8 Å². The van der Waals surface area contributed by atoms with Crippen LogP contribution in [0.2, 0.25) is 0 Å². The average molecular weight is 380 g/mol. The van der Waals surface area contributed by atoms with Gasteiger partial charge in [-0.15, -0.1) is 0 Å². The predicted octanol–water partition coefficient (Wildman–Crippen LogP) is 4.28. The van der Waals surface area contributed by atoms with Gasteiger partial charge in [0.25, 0.3) is 0 Å². The third kappa shape index (κ3) is 2.84. The van der Waals surface area contributed by atoms with Crippen LogP contribution in [0.4, 0.5) is 13.2 Å². The lowest BCUT2D eigenvalue weighted by molar-refractivity contribution is -0.0496. The molecule has 1 aliphatic rings. The number of phenolic OH excluding ortho intramolecular Hbond substituents is 1. The summed E-state index contributed by atoms with van der Waals surface area (Å²) in [6.07, 6.45) is 1.19. The number of halogens is 3. The highest BCUT2D eigenvalue weighted by atomic mass is 32.3. The van der Waals surface area contributed by atoms with Crippen molar-refractivity contribution in [3.8, 4) is 5.75 Å². The van der Waals surface area contributed by atoms with E-state index in [1.165, 1.54) is 12.1 Å². The first-order valence-corrected chi connectivity index (χ1v) is 10.5. The van der Waals surface area contributed by atoms with Gasteiger partial charge in [-0.25, -0.2) is 3.63 Å². The fourth-order valence-corrected chi connectivity index (χ4v) is 8.28. The molecule has 0 saturated carbocycles. The molecule has 0 amide bonds. The van der Waals surface area contributed by atoms with Crippen LogP contribution in [0.15, 0.2) is 41.3 Å². The van der Waals surface area contributed by atoms with E-state index in [-0.39, 0.29) is 17.3 Å². The van der Waals surface area contributed by atoms with Crippen LogP contribution in [0.1, 0.15) is 12.8 Å². The molecule has 2 aromatic carbocycles. The molecule has 1 aliphatic heterocycles. The average Bonchev–Trinajstić information content (AvgIpc) is 2.95. The molecule has 4 nitrogen and oxygen atoms in total. The number of aromatic hydroxyl groups is 1. The zero-order chi connectivity index (χ0) is 17.6. The van der Waals surface area contributed by atoms with Gasteiger partial charge in [-0.05, 0) is 30.4 Å². The van der Waals surface area contributed by atoms with Crippen LogP contribution in [-0.4, -0.2) is 30.5 Å². The summed E-state index contributed by atoms with van der Waals surface area (Å²) in [6, 6.07) is 9.51. The van der Waals surface area contributed by atoms with Gasteiger partial charge in [0.15, 0.2) is 0 Å². The molecular formula is C15H15F3O4S2. The molecule has 24 heavy (non-hydrogen) atoms. The Hall–Kier alpha value is -1.45. The summed E-state index contributed by atoms with van der Waals surface area (Å²) < 4.78 is 66.5. The summed E-state index contributed by atoms with van der Waals surface area (Å²) in [5.74, 6) is 0.481. The first-order valence-electron chi connectivity index (χ1n) is 7.18. The Morgan fingerprint density at radius 3 is 2.17 bits per heavy atom. The third-order valence-corrected chi connectivity index (χ3v) is 9.34. The molecular weight excluding hydrogens is 365 g/mol. The van der Waals surface area contributed by atoms with E-state index in [0.29, 0.717) is 28.5 Å². The molecule has 0 atom stereocenters. The topological polar surface area (TPSA) is 63.6 Å². The van der Waals surface area contributed by atoms with E-state index in [1.54, 1.807) is 24.3 Å². The van der Waals surface area contributed by atoms with Gasteiger partial charge in [0.05, 0.1) is 0 Å². The fourth-order valence-electron chi connectivity index (χ4n) is 2.89. The van der Waals surface area contributed by atoms with Crippen molar-refractivity contribution in [3.63, 3.8) is 0 Å². The van der Waals surface area contributed by atoms with Crippen LogP contribution in [0.5, 0.6) is 5.75 Å². The molecule has 0 radical (unpaired) electrons. The van der Waals surface area contributed by atoms with Crippen molar-refractivity contribution in [2.75, 3.05) is 11.5 Å². The van der Waals surface area contributed by atoms with E-state index in [9.17, 15) is 26.7 Å². The molecule has 0 spiro atoms. The van der Waals surface area contributed by atoms with Crippen LogP contribution in [-0.2, 0) is 13.7 Å². The Kier molecular flexibility index (Phi) is 4.21. The summed E-state index contributed by atoms with van der Waals surface area (Å²) in [4.78, 5) is 0.432. The summed E-state index contributed by atoms with van der Waals surface area (Å²) in [5.41, 5.74) is -5.46. The molecule has 0 aliphatic carbocycles. The second-order valence-corrected chi connectivity index (χ2v) is 10.3. The van der Waals surface area contributed by atoms with Crippen LogP contribution in [0, 0.1) is 0 Å². The maximum Gasteiger partial charge on any atom is 0.523 e. The lowest BCUT2D eigenvalue weighted by Gasteiger charge is -2.35. The van der Waals surface area contributed by atoms with Gasteiger partial charge >= 0.3 is 15.6 Å². The van der Waals surface area contributed by atoms with Gasteiger partial charge < -0.3 is 5.11 Å². The Morgan fingerprint density at radius 2 is 1.58 bits per heavy atom. The number of hydrogen-bond donors (Lipinski definition) is 1. The van der Waals surface area contributed by atoms with Crippen molar-refractivity contribution in [1.29, 1.82) is 0 Å².